The van der Waals surface area contributed by atoms with E-state index >= 15 is 0 Å². The third-order valence-corrected chi connectivity index (χ3v) is 6.86. The Labute approximate surface area is 170 Å². The predicted molar refractivity (Wildman–Crippen MR) is 117 cm³/mol. The fourth-order valence-corrected chi connectivity index (χ4v) is 4.81. The second kappa shape index (κ2) is 14.5. The second-order valence-corrected chi connectivity index (χ2v) is 9.24. The van der Waals surface area contributed by atoms with Crippen LogP contribution in [0.2, 0.25) is 0 Å². The Balaban J connectivity index is 2.49. The van der Waals surface area contributed by atoms with Gasteiger partial charge in [0.15, 0.2) is 0 Å². The van der Waals surface area contributed by atoms with Gasteiger partial charge in [-0.2, -0.15) is 0 Å². The lowest BCUT2D eigenvalue weighted by atomic mass is 9.65. The summed E-state index contributed by atoms with van der Waals surface area (Å²) in [5, 5.41) is 0. The van der Waals surface area contributed by atoms with Gasteiger partial charge in [-0.25, -0.2) is 0 Å². The van der Waals surface area contributed by atoms with E-state index in [0.29, 0.717) is 5.92 Å². The van der Waals surface area contributed by atoms with Crippen molar-refractivity contribution in [3.8, 4) is 0 Å². The van der Waals surface area contributed by atoms with Crippen molar-refractivity contribution in [3.05, 3.63) is 0 Å². The van der Waals surface area contributed by atoms with Crippen molar-refractivity contribution in [3.63, 3.8) is 0 Å². The third kappa shape index (κ3) is 9.01. The van der Waals surface area contributed by atoms with Gasteiger partial charge in [0.25, 0.3) is 0 Å². The molecular formula is C25H48O2. The number of ether oxygens (including phenoxy) is 1. The smallest absolute Gasteiger partial charge is 0.312 e. The molecule has 2 unspecified atom stereocenters. The molecule has 2 heteroatoms. The van der Waals surface area contributed by atoms with Gasteiger partial charge < -0.3 is 4.74 Å². The van der Waals surface area contributed by atoms with Gasteiger partial charge in [0.05, 0.1) is 11.5 Å². The monoisotopic (exact) mass is 380 g/mol. The van der Waals surface area contributed by atoms with Crippen LogP contribution < -0.4 is 0 Å². The van der Waals surface area contributed by atoms with Crippen LogP contribution in [0.3, 0.4) is 0 Å². The highest BCUT2D eigenvalue weighted by Gasteiger charge is 2.45. The maximum Gasteiger partial charge on any atom is 0.312 e. The molecule has 2 nitrogen and oxygen atoms in total. The molecule has 0 radical (unpaired) electrons. The minimum Gasteiger partial charge on any atom is -0.462 e. The van der Waals surface area contributed by atoms with E-state index in [2.05, 4.69) is 27.7 Å². The Kier molecular flexibility index (Phi) is 13.1. The zero-order chi connectivity index (χ0) is 20.0. The van der Waals surface area contributed by atoms with Gasteiger partial charge in [0.2, 0.25) is 0 Å². The zero-order valence-corrected chi connectivity index (χ0v) is 19.0. The number of hydrogen-bond donors (Lipinski definition) is 0. The minimum absolute atomic E-state index is 0.0784. The molecule has 1 rings (SSSR count). The SMILES string of the molecule is CCCCCCCC(C)OC(=O)C1(C(C)CCCCCCC)CCCCC1. The summed E-state index contributed by atoms with van der Waals surface area (Å²) in [5.41, 5.74) is -0.195. The predicted octanol–water partition coefficient (Wildman–Crippen LogP) is 8.23. The first-order valence-corrected chi connectivity index (χ1v) is 12.3. The maximum atomic E-state index is 13.2. The van der Waals surface area contributed by atoms with Crippen LogP contribution in [-0.4, -0.2) is 12.1 Å². The summed E-state index contributed by atoms with van der Waals surface area (Å²) in [7, 11) is 0. The first-order valence-electron chi connectivity index (χ1n) is 12.3. The van der Waals surface area contributed by atoms with E-state index in [0.717, 1.165) is 19.3 Å². The normalized spacial score (nSPS) is 18.8. The van der Waals surface area contributed by atoms with Crippen LogP contribution >= 0.6 is 0 Å². The molecule has 27 heavy (non-hydrogen) atoms. The lowest BCUT2D eigenvalue weighted by Gasteiger charge is -2.40. The van der Waals surface area contributed by atoms with E-state index in [9.17, 15) is 4.79 Å². The van der Waals surface area contributed by atoms with E-state index in [-0.39, 0.29) is 17.5 Å². The van der Waals surface area contributed by atoms with E-state index < -0.39 is 0 Å². The average molecular weight is 381 g/mol. The van der Waals surface area contributed by atoms with Crippen molar-refractivity contribution >= 4 is 5.97 Å². The molecule has 1 saturated carbocycles. The topological polar surface area (TPSA) is 26.3 Å². The van der Waals surface area contributed by atoms with Crippen LogP contribution in [0, 0.1) is 11.3 Å². The molecule has 1 fully saturated rings. The highest BCUT2D eigenvalue weighted by Crippen LogP contribution is 2.46. The molecule has 0 amide bonds. The van der Waals surface area contributed by atoms with Crippen LogP contribution in [0.5, 0.6) is 0 Å². The largest absolute Gasteiger partial charge is 0.462 e. The van der Waals surface area contributed by atoms with E-state index in [1.807, 2.05) is 0 Å². The van der Waals surface area contributed by atoms with Crippen LogP contribution in [0.4, 0.5) is 0 Å². The van der Waals surface area contributed by atoms with Crippen LogP contribution in [0.1, 0.15) is 137 Å². The summed E-state index contributed by atoms with van der Waals surface area (Å²) in [6.45, 7) is 8.94. The second-order valence-electron chi connectivity index (χ2n) is 9.24. The summed E-state index contributed by atoms with van der Waals surface area (Å²) in [6.07, 6.45) is 21.0. The van der Waals surface area contributed by atoms with Gasteiger partial charge in [-0.3, -0.25) is 4.79 Å². The van der Waals surface area contributed by atoms with Gasteiger partial charge in [-0.05, 0) is 44.9 Å². The number of carbonyl (C=O) groups is 1. The van der Waals surface area contributed by atoms with E-state index in [4.69, 9.17) is 4.74 Å². The molecular weight excluding hydrogens is 332 g/mol. The lowest BCUT2D eigenvalue weighted by Crippen LogP contribution is -2.42. The molecule has 1 aliphatic carbocycles. The number of rotatable bonds is 15. The Hall–Kier alpha value is -0.530. The van der Waals surface area contributed by atoms with Crippen LogP contribution in [-0.2, 0) is 9.53 Å². The van der Waals surface area contributed by atoms with Crippen molar-refractivity contribution in [1.82, 2.24) is 0 Å². The first-order chi connectivity index (χ1) is 13.1. The Morgan fingerprint density at radius 3 is 1.85 bits per heavy atom. The van der Waals surface area contributed by atoms with Crippen molar-refractivity contribution < 1.29 is 9.53 Å². The Morgan fingerprint density at radius 2 is 1.30 bits per heavy atom. The Morgan fingerprint density at radius 1 is 0.778 bits per heavy atom. The summed E-state index contributed by atoms with van der Waals surface area (Å²) in [5.74, 6) is 0.591. The van der Waals surface area contributed by atoms with Crippen molar-refractivity contribution in [2.24, 2.45) is 11.3 Å². The van der Waals surface area contributed by atoms with Gasteiger partial charge in [0, 0.05) is 0 Å². The minimum atomic E-state index is -0.195. The molecule has 0 heterocycles. The quantitative estimate of drug-likeness (QED) is 0.211. The molecule has 1 aliphatic rings. The fourth-order valence-electron chi connectivity index (χ4n) is 4.81. The van der Waals surface area contributed by atoms with Gasteiger partial charge >= 0.3 is 5.97 Å². The number of hydrogen-bond acceptors (Lipinski definition) is 2. The van der Waals surface area contributed by atoms with Crippen molar-refractivity contribution in [1.29, 1.82) is 0 Å². The molecule has 0 bridgehead atoms. The van der Waals surface area contributed by atoms with Gasteiger partial charge in [-0.1, -0.05) is 97.8 Å². The van der Waals surface area contributed by atoms with Crippen molar-refractivity contribution in [2.45, 2.75) is 143 Å². The molecule has 0 aromatic rings. The molecule has 0 aliphatic heterocycles. The molecule has 0 aromatic carbocycles. The lowest BCUT2D eigenvalue weighted by molar-refractivity contribution is -0.167. The van der Waals surface area contributed by atoms with E-state index in [1.165, 1.54) is 89.9 Å². The zero-order valence-electron chi connectivity index (χ0n) is 19.0. The van der Waals surface area contributed by atoms with Gasteiger partial charge in [-0.15, -0.1) is 0 Å². The molecule has 0 saturated heterocycles. The third-order valence-electron chi connectivity index (χ3n) is 6.86. The number of carbonyl (C=O) groups excluding carboxylic acids is 1. The Bertz CT molecular complexity index is 371. The molecule has 0 N–H and O–H groups in total. The maximum absolute atomic E-state index is 13.2. The molecule has 2 atom stereocenters. The summed E-state index contributed by atoms with van der Waals surface area (Å²) >= 11 is 0. The first kappa shape index (κ1) is 24.5. The number of unbranched alkanes of at least 4 members (excludes halogenated alkanes) is 8. The van der Waals surface area contributed by atoms with Gasteiger partial charge in [0.1, 0.15) is 0 Å². The van der Waals surface area contributed by atoms with Crippen molar-refractivity contribution in [2.75, 3.05) is 0 Å². The standard InChI is InChI=1S/C25H48O2/c1-5-7-9-11-14-18-22(3)25(20-16-13-17-21-25)24(26)27-23(4)19-15-12-10-8-6-2/h22-23H,5-21H2,1-4H3. The summed E-state index contributed by atoms with van der Waals surface area (Å²) < 4.78 is 6.03. The highest BCUT2D eigenvalue weighted by atomic mass is 16.5. The van der Waals surface area contributed by atoms with E-state index in [1.54, 1.807) is 0 Å². The highest BCUT2D eigenvalue weighted by molar-refractivity contribution is 5.77. The summed E-state index contributed by atoms with van der Waals surface area (Å²) in [6, 6.07) is 0. The molecule has 0 aromatic heterocycles. The fraction of sp³-hybridized carbons (Fsp3) is 0.960. The van der Waals surface area contributed by atoms with Crippen LogP contribution in [0.25, 0.3) is 0 Å². The summed E-state index contributed by atoms with van der Waals surface area (Å²) in [4.78, 5) is 13.2. The van der Waals surface area contributed by atoms with Crippen LogP contribution in [0.15, 0.2) is 0 Å². The average Bonchev–Trinajstić information content (AvgIpc) is 2.68. The number of esters is 1. The molecule has 0 spiro atoms. The molecule has 160 valence electrons.